The summed E-state index contributed by atoms with van der Waals surface area (Å²) in [6, 6.07) is 0.909. The molecule has 5 fully saturated rings. The molecule has 1 aliphatic heterocycles. The van der Waals surface area contributed by atoms with E-state index in [4.69, 9.17) is 0 Å². The van der Waals surface area contributed by atoms with Gasteiger partial charge in [-0.3, -0.25) is 4.79 Å². The minimum Gasteiger partial charge on any atom is -0.300 e. The summed E-state index contributed by atoms with van der Waals surface area (Å²) in [5.41, 5.74) is 0.0702. The molecule has 4 saturated carbocycles. The van der Waals surface area contributed by atoms with Crippen LogP contribution < -0.4 is 0 Å². The van der Waals surface area contributed by atoms with Crippen molar-refractivity contribution in [1.29, 1.82) is 0 Å². The summed E-state index contributed by atoms with van der Waals surface area (Å²) in [5.74, 6) is 5.20. The van der Waals surface area contributed by atoms with Gasteiger partial charge in [0.1, 0.15) is 5.78 Å². The zero-order valence-electron chi connectivity index (χ0n) is 15.5. The van der Waals surface area contributed by atoms with Crippen LogP contribution in [0.15, 0.2) is 0 Å². The van der Waals surface area contributed by atoms with Gasteiger partial charge in [0, 0.05) is 17.9 Å². The predicted molar refractivity (Wildman–Crippen MR) is 96.7 cm³/mol. The van der Waals surface area contributed by atoms with Crippen LogP contribution in [-0.2, 0) is 4.79 Å². The predicted octanol–water partition coefficient (Wildman–Crippen LogP) is 4.67. The Hall–Kier alpha value is -0.370. The molecule has 134 valence electrons. The molecule has 1 heterocycles. The van der Waals surface area contributed by atoms with Gasteiger partial charge in [-0.1, -0.05) is 6.92 Å². The Morgan fingerprint density at radius 1 is 0.917 bits per heavy atom. The molecule has 2 nitrogen and oxygen atoms in total. The molecule has 0 N–H and O–H groups in total. The monoisotopic (exact) mass is 329 g/mol. The van der Waals surface area contributed by atoms with E-state index in [2.05, 4.69) is 11.8 Å². The lowest BCUT2D eigenvalue weighted by atomic mass is 9.50. The lowest BCUT2D eigenvalue weighted by molar-refractivity contribution is -0.133. The quantitative estimate of drug-likeness (QED) is 0.696. The third-order valence-corrected chi connectivity index (χ3v) is 9.29. The van der Waals surface area contributed by atoms with E-state index in [1.54, 1.807) is 0 Å². The maximum atomic E-state index is 12.5. The van der Waals surface area contributed by atoms with Crippen LogP contribution in [0.5, 0.6) is 0 Å². The Kier molecular flexibility index (Phi) is 3.85. The van der Waals surface area contributed by atoms with Crippen molar-refractivity contribution in [2.75, 3.05) is 13.1 Å². The van der Waals surface area contributed by atoms with Crippen LogP contribution in [0.2, 0.25) is 0 Å². The van der Waals surface area contributed by atoms with Crippen LogP contribution in [0.1, 0.15) is 77.6 Å². The van der Waals surface area contributed by atoms with Crippen LogP contribution in [0.4, 0.5) is 0 Å². The summed E-state index contributed by atoms with van der Waals surface area (Å²) in [5, 5.41) is 0. The van der Waals surface area contributed by atoms with Gasteiger partial charge in [0.15, 0.2) is 0 Å². The van der Waals surface area contributed by atoms with Crippen molar-refractivity contribution in [2.45, 2.75) is 83.6 Å². The number of likely N-dealkylation sites (tertiary alicyclic amines) is 1. The Morgan fingerprint density at radius 3 is 2.54 bits per heavy atom. The summed E-state index contributed by atoms with van der Waals surface area (Å²) in [4.78, 5) is 15.3. The van der Waals surface area contributed by atoms with E-state index in [-0.39, 0.29) is 5.41 Å². The van der Waals surface area contributed by atoms with E-state index >= 15 is 0 Å². The lowest BCUT2D eigenvalue weighted by Gasteiger charge is -2.55. The van der Waals surface area contributed by atoms with Crippen molar-refractivity contribution in [2.24, 2.45) is 35.0 Å². The van der Waals surface area contributed by atoms with E-state index < -0.39 is 0 Å². The van der Waals surface area contributed by atoms with Crippen molar-refractivity contribution in [3.63, 3.8) is 0 Å². The van der Waals surface area contributed by atoms with Crippen LogP contribution in [0.3, 0.4) is 0 Å². The molecule has 4 aliphatic carbocycles. The zero-order chi connectivity index (χ0) is 16.3. The summed E-state index contributed by atoms with van der Waals surface area (Å²) >= 11 is 0. The van der Waals surface area contributed by atoms with Gasteiger partial charge in [0.25, 0.3) is 0 Å². The second-order valence-electron chi connectivity index (χ2n) is 10.1. The standard InChI is InChI=1S/C22H35NO/c1-22-11-10-18-17-7-5-16(23-12-2-3-13-23)14-15(17)4-6-19(18)20(22)8-9-21(22)24/h15-20H,2-14H2,1H3/t15-,16-,17?,18+,19?,20-,22-/m0/s1. The Labute approximate surface area is 147 Å². The molecule has 24 heavy (non-hydrogen) atoms. The third kappa shape index (κ3) is 2.27. The first-order chi connectivity index (χ1) is 11.7. The molecule has 5 rings (SSSR count). The van der Waals surface area contributed by atoms with Gasteiger partial charge >= 0.3 is 0 Å². The van der Waals surface area contributed by atoms with Gasteiger partial charge in [-0.2, -0.15) is 0 Å². The number of hydrogen-bond acceptors (Lipinski definition) is 2. The number of hydrogen-bond donors (Lipinski definition) is 0. The first-order valence-corrected chi connectivity index (χ1v) is 10.9. The molecule has 0 bridgehead atoms. The maximum Gasteiger partial charge on any atom is 0.139 e. The molecular formula is C22H35NO. The Bertz CT molecular complexity index is 510. The van der Waals surface area contributed by atoms with Crippen molar-refractivity contribution in [3.8, 4) is 0 Å². The second kappa shape index (κ2) is 5.83. The van der Waals surface area contributed by atoms with Crippen molar-refractivity contribution < 1.29 is 4.79 Å². The smallest absolute Gasteiger partial charge is 0.139 e. The Balaban J connectivity index is 1.31. The normalized spacial score (nSPS) is 52.0. The zero-order valence-corrected chi connectivity index (χ0v) is 15.5. The highest BCUT2D eigenvalue weighted by molar-refractivity contribution is 5.87. The number of fused-ring (bicyclic) bond motifs is 5. The fraction of sp³-hybridized carbons (Fsp3) is 0.955. The first kappa shape index (κ1) is 15.9. The lowest BCUT2D eigenvalue weighted by Crippen LogP contribution is -2.50. The van der Waals surface area contributed by atoms with Gasteiger partial charge in [-0.15, -0.1) is 0 Å². The second-order valence-corrected chi connectivity index (χ2v) is 10.1. The number of carbonyl (C=O) groups is 1. The van der Waals surface area contributed by atoms with Crippen LogP contribution >= 0.6 is 0 Å². The molecule has 2 heteroatoms. The van der Waals surface area contributed by atoms with Crippen LogP contribution in [0, 0.1) is 35.0 Å². The molecule has 0 radical (unpaired) electrons. The molecular weight excluding hydrogens is 294 g/mol. The number of nitrogens with zero attached hydrogens (tertiary/aromatic N) is 1. The summed E-state index contributed by atoms with van der Waals surface area (Å²) < 4.78 is 0. The van der Waals surface area contributed by atoms with Crippen molar-refractivity contribution in [3.05, 3.63) is 0 Å². The average Bonchev–Trinajstić information content (AvgIpc) is 3.23. The van der Waals surface area contributed by atoms with E-state index in [1.807, 2.05) is 0 Å². The molecule has 0 aromatic rings. The van der Waals surface area contributed by atoms with E-state index in [0.29, 0.717) is 5.78 Å². The van der Waals surface area contributed by atoms with Crippen molar-refractivity contribution in [1.82, 2.24) is 4.90 Å². The van der Waals surface area contributed by atoms with E-state index in [0.717, 1.165) is 42.1 Å². The number of rotatable bonds is 1. The van der Waals surface area contributed by atoms with Gasteiger partial charge < -0.3 is 4.90 Å². The minimum absolute atomic E-state index is 0.0702. The minimum atomic E-state index is 0.0702. The van der Waals surface area contributed by atoms with Crippen LogP contribution in [0.25, 0.3) is 0 Å². The molecule has 5 aliphatic rings. The molecule has 0 spiro atoms. The van der Waals surface area contributed by atoms with Gasteiger partial charge in [-0.25, -0.2) is 0 Å². The van der Waals surface area contributed by atoms with Gasteiger partial charge in [-0.05, 0) is 107 Å². The average molecular weight is 330 g/mol. The molecule has 7 atom stereocenters. The number of ketones is 1. The largest absolute Gasteiger partial charge is 0.300 e. The third-order valence-electron chi connectivity index (χ3n) is 9.29. The SMILES string of the molecule is C[C@]12CC[C@@H]3C4CC[C@H](N5CCCC5)C[C@@H]4CCC3[C@@H]1CCC2=O. The first-order valence-electron chi connectivity index (χ1n) is 10.9. The fourth-order valence-electron chi connectivity index (χ4n) is 8.04. The summed E-state index contributed by atoms with van der Waals surface area (Å²) in [6.45, 7) is 5.06. The highest BCUT2D eigenvalue weighted by Gasteiger charge is 2.57. The van der Waals surface area contributed by atoms with Gasteiger partial charge in [0.2, 0.25) is 0 Å². The Morgan fingerprint density at radius 2 is 1.71 bits per heavy atom. The highest BCUT2D eigenvalue weighted by Crippen LogP contribution is 2.61. The highest BCUT2D eigenvalue weighted by atomic mass is 16.1. The summed E-state index contributed by atoms with van der Waals surface area (Å²) in [6.07, 6.45) is 14.9. The van der Waals surface area contributed by atoms with Crippen molar-refractivity contribution >= 4 is 5.78 Å². The fourth-order valence-corrected chi connectivity index (χ4v) is 8.04. The van der Waals surface area contributed by atoms with Gasteiger partial charge in [0.05, 0.1) is 0 Å². The molecule has 1 saturated heterocycles. The van der Waals surface area contributed by atoms with E-state index in [1.165, 1.54) is 77.3 Å². The molecule has 0 amide bonds. The molecule has 2 unspecified atom stereocenters. The molecule has 0 aromatic heterocycles. The number of Topliss-reactive ketones (excluding diaryl/α,β-unsaturated/α-hetero) is 1. The number of carbonyl (C=O) groups excluding carboxylic acids is 1. The topological polar surface area (TPSA) is 20.3 Å². The van der Waals surface area contributed by atoms with E-state index in [9.17, 15) is 4.79 Å². The summed E-state index contributed by atoms with van der Waals surface area (Å²) in [7, 11) is 0. The molecule has 0 aromatic carbocycles. The maximum absolute atomic E-state index is 12.5. The van der Waals surface area contributed by atoms with Crippen LogP contribution in [-0.4, -0.2) is 29.8 Å².